The molecule has 0 spiro atoms. The topological polar surface area (TPSA) is 49.8 Å². The SMILES string of the molecule is CNCc1c(C)[nH]n(-c2ccc(C(C)C)cc2)c1=O. The Balaban J connectivity index is 2.42. The Bertz CT molecular complexity index is 605. The van der Waals surface area contributed by atoms with E-state index in [2.05, 4.69) is 36.4 Å². The van der Waals surface area contributed by atoms with Crippen molar-refractivity contribution in [2.75, 3.05) is 7.05 Å². The molecule has 1 aromatic heterocycles. The number of rotatable bonds is 4. The van der Waals surface area contributed by atoms with Crippen molar-refractivity contribution in [2.24, 2.45) is 0 Å². The summed E-state index contributed by atoms with van der Waals surface area (Å²) in [5, 5.41) is 6.15. The van der Waals surface area contributed by atoms with Crippen molar-refractivity contribution in [1.29, 1.82) is 0 Å². The first kappa shape index (κ1) is 13.6. The van der Waals surface area contributed by atoms with Gasteiger partial charge in [-0.25, -0.2) is 4.68 Å². The molecule has 0 aliphatic carbocycles. The highest BCUT2D eigenvalue weighted by Crippen LogP contribution is 2.16. The van der Waals surface area contributed by atoms with E-state index in [9.17, 15) is 4.79 Å². The van der Waals surface area contributed by atoms with E-state index in [1.165, 1.54) is 5.56 Å². The molecule has 0 unspecified atom stereocenters. The van der Waals surface area contributed by atoms with Gasteiger partial charge in [-0.2, -0.15) is 0 Å². The van der Waals surface area contributed by atoms with Gasteiger partial charge in [-0.15, -0.1) is 0 Å². The van der Waals surface area contributed by atoms with Gasteiger partial charge in [-0.1, -0.05) is 26.0 Å². The minimum absolute atomic E-state index is 0.0177. The largest absolute Gasteiger partial charge is 0.315 e. The van der Waals surface area contributed by atoms with E-state index in [1.807, 2.05) is 26.1 Å². The maximum absolute atomic E-state index is 12.3. The number of H-pyrrole nitrogens is 1. The summed E-state index contributed by atoms with van der Waals surface area (Å²) in [7, 11) is 1.84. The van der Waals surface area contributed by atoms with Crippen molar-refractivity contribution in [3.63, 3.8) is 0 Å². The first-order valence-electron chi connectivity index (χ1n) is 6.60. The Labute approximate surface area is 113 Å². The zero-order chi connectivity index (χ0) is 14.0. The van der Waals surface area contributed by atoms with Crippen LogP contribution in [0.15, 0.2) is 29.1 Å². The van der Waals surface area contributed by atoms with Crippen molar-refractivity contribution in [1.82, 2.24) is 15.1 Å². The van der Waals surface area contributed by atoms with E-state index in [-0.39, 0.29) is 5.56 Å². The zero-order valence-electron chi connectivity index (χ0n) is 11.9. The predicted molar refractivity (Wildman–Crippen MR) is 78.0 cm³/mol. The van der Waals surface area contributed by atoms with E-state index in [4.69, 9.17) is 0 Å². The number of aromatic nitrogens is 2. The average Bonchev–Trinajstić information content (AvgIpc) is 2.67. The van der Waals surface area contributed by atoms with Crippen molar-refractivity contribution in [2.45, 2.75) is 33.2 Å². The fourth-order valence-electron chi connectivity index (χ4n) is 2.16. The lowest BCUT2D eigenvalue weighted by atomic mass is 10.0. The van der Waals surface area contributed by atoms with Crippen molar-refractivity contribution in [3.8, 4) is 5.69 Å². The third-order valence-corrected chi connectivity index (χ3v) is 3.36. The second kappa shape index (κ2) is 5.45. The van der Waals surface area contributed by atoms with Gasteiger partial charge in [-0.05, 0) is 37.6 Å². The third kappa shape index (κ3) is 2.63. The van der Waals surface area contributed by atoms with Crippen molar-refractivity contribution in [3.05, 3.63) is 51.4 Å². The second-order valence-electron chi connectivity index (χ2n) is 5.13. The number of hydrogen-bond donors (Lipinski definition) is 2. The van der Waals surface area contributed by atoms with Crippen LogP contribution in [0.25, 0.3) is 5.69 Å². The molecule has 2 rings (SSSR count). The molecule has 0 fully saturated rings. The molecule has 2 aromatic rings. The summed E-state index contributed by atoms with van der Waals surface area (Å²) in [6, 6.07) is 8.10. The summed E-state index contributed by atoms with van der Waals surface area (Å²) in [6.45, 7) is 6.82. The molecule has 0 saturated heterocycles. The van der Waals surface area contributed by atoms with Crippen LogP contribution in [0.3, 0.4) is 0 Å². The monoisotopic (exact) mass is 259 g/mol. The second-order valence-corrected chi connectivity index (χ2v) is 5.13. The Morgan fingerprint density at radius 2 is 1.89 bits per heavy atom. The molecule has 0 saturated carbocycles. The number of hydrogen-bond acceptors (Lipinski definition) is 2. The van der Waals surface area contributed by atoms with Gasteiger partial charge in [0.15, 0.2) is 0 Å². The summed E-state index contributed by atoms with van der Waals surface area (Å²) in [6.07, 6.45) is 0. The molecule has 102 valence electrons. The first-order chi connectivity index (χ1) is 9.04. The molecular formula is C15H21N3O. The van der Waals surface area contributed by atoms with Crippen LogP contribution >= 0.6 is 0 Å². The van der Waals surface area contributed by atoms with Crippen LogP contribution in [0, 0.1) is 6.92 Å². The normalized spacial score (nSPS) is 11.2. The Morgan fingerprint density at radius 1 is 1.26 bits per heavy atom. The van der Waals surface area contributed by atoms with Crippen LogP contribution in [0.2, 0.25) is 0 Å². The summed E-state index contributed by atoms with van der Waals surface area (Å²) in [4.78, 5) is 12.3. The molecule has 0 bridgehead atoms. The number of nitrogens with zero attached hydrogens (tertiary/aromatic N) is 1. The molecular weight excluding hydrogens is 238 g/mol. The number of benzene rings is 1. The predicted octanol–water partition coefficient (Wildman–Crippen LogP) is 2.32. The van der Waals surface area contributed by atoms with Crippen LogP contribution in [0.5, 0.6) is 0 Å². The quantitative estimate of drug-likeness (QED) is 0.885. The van der Waals surface area contributed by atoms with E-state index in [0.29, 0.717) is 12.5 Å². The van der Waals surface area contributed by atoms with Crippen LogP contribution in [-0.2, 0) is 6.54 Å². The number of nitrogens with one attached hydrogen (secondary N) is 2. The molecule has 4 heteroatoms. The van der Waals surface area contributed by atoms with Gasteiger partial charge in [0, 0.05) is 12.2 Å². The summed E-state index contributed by atoms with van der Waals surface area (Å²) < 4.78 is 1.60. The van der Waals surface area contributed by atoms with Gasteiger partial charge in [-0.3, -0.25) is 9.89 Å². The average molecular weight is 259 g/mol. The van der Waals surface area contributed by atoms with E-state index in [0.717, 1.165) is 16.9 Å². The van der Waals surface area contributed by atoms with Crippen LogP contribution < -0.4 is 10.9 Å². The maximum Gasteiger partial charge on any atom is 0.275 e. The zero-order valence-corrected chi connectivity index (χ0v) is 11.9. The van der Waals surface area contributed by atoms with Gasteiger partial charge in [0.1, 0.15) is 0 Å². The van der Waals surface area contributed by atoms with E-state index < -0.39 is 0 Å². The van der Waals surface area contributed by atoms with Gasteiger partial charge in [0.05, 0.1) is 11.3 Å². The molecule has 4 nitrogen and oxygen atoms in total. The lowest BCUT2D eigenvalue weighted by molar-refractivity contribution is 0.801. The molecule has 0 aliphatic heterocycles. The number of aromatic amines is 1. The van der Waals surface area contributed by atoms with Crippen LogP contribution in [0.1, 0.15) is 36.6 Å². The molecule has 1 aromatic carbocycles. The Morgan fingerprint density at radius 3 is 2.42 bits per heavy atom. The summed E-state index contributed by atoms with van der Waals surface area (Å²) in [5.74, 6) is 0.496. The van der Waals surface area contributed by atoms with Gasteiger partial charge in [0.25, 0.3) is 5.56 Å². The van der Waals surface area contributed by atoms with Gasteiger partial charge < -0.3 is 5.32 Å². The molecule has 2 N–H and O–H groups in total. The van der Waals surface area contributed by atoms with E-state index >= 15 is 0 Å². The lowest BCUT2D eigenvalue weighted by Crippen LogP contribution is -2.20. The van der Waals surface area contributed by atoms with Gasteiger partial charge in [0.2, 0.25) is 0 Å². The van der Waals surface area contributed by atoms with Crippen LogP contribution in [0.4, 0.5) is 0 Å². The smallest absolute Gasteiger partial charge is 0.275 e. The highest BCUT2D eigenvalue weighted by atomic mass is 16.1. The molecule has 19 heavy (non-hydrogen) atoms. The molecule has 1 heterocycles. The highest BCUT2D eigenvalue weighted by Gasteiger charge is 2.11. The molecule has 0 atom stereocenters. The van der Waals surface area contributed by atoms with Crippen molar-refractivity contribution >= 4 is 0 Å². The van der Waals surface area contributed by atoms with Gasteiger partial charge >= 0.3 is 0 Å². The maximum atomic E-state index is 12.3. The van der Waals surface area contributed by atoms with Crippen molar-refractivity contribution < 1.29 is 0 Å². The summed E-state index contributed by atoms with van der Waals surface area (Å²) in [5.41, 5.74) is 3.86. The lowest BCUT2D eigenvalue weighted by Gasteiger charge is -2.07. The molecule has 0 amide bonds. The van der Waals surface area contributed by atoms with Crippen LogP contribution in [-0.4, -0.2) is 16.8 Å². The molecule has 0 aliphatic rings. The van der Waals surface area contributed by atoms with E-state index in [1.54, 1.807) is 4.68 Å². The summed E-state index contributed by atoms with van der Waals surface area (Å²) >= 11 is 0. The molecule has 0 radical (unpaired) electrons. The Kier molecular flexibility index (Phi) is 3.90. The highest BCUT2D eigenvalue weighted by molar-refractivity contribution is 5.36. The minimum Gasteiger partial charge on any atom is -0.315 e. The third-order valence-electron chi connectivity index (χ3n) is 3.36. The fourth-order valence-corrected chi connectivity index (χ4v) is 2.16. The number of aryl methyl sites for hydroxylation is 1. The minimum atomic E-state index is 0.0177. The Hall–Kier alpha value is -1.81. The first-order valence-corrected chi connectivity index (χ1v) is 6.60. The fraction of sp³-hybridized carbons (Fsp3) is 0.400. The standard InChI is InChI=1S/C15H21N3O/c1-10(2)12-5-7-13(8-6-12)18-15(19)14(9-16-4)11(3)17-18/h5-8,10,16-17H,9H2,1-4H3.